The van der Waals surface area contributed by atoms with Crippen molar-refractivity contribution in [1.82, 2.24) is 9.80 Å². The lowest BCUT2D eigenvalue weighted by atomic mass is 9.86. The van der Waals surface area contributed by atoms with E-state index in [1.165, 1.54) is 11.3 Å². The number of rotatable bonds is 7. The molecule has 0 bridgehead atoms. The van der Waals surface area contributed by atoms with Gasteiger partial charge in [0.05, 0.1) is 12.1 Å². The molecule has 0 unspecified atom stereocenters. The number of ether oxygens (including phenoxy) is 1. The number of halogens is 1. The van der Waals surface area contributed by atoms with Crippen LogP contribution in [-0.4, -0.2) is 48.9 Å². The van der Waals surface area contributed by atoms with Gasteiger partial charge >= 0.3 is 0 Å². The molecule has 0 radical (unpaired) electrons. The molecular formula is C33H35ClN2O3S. The SMILES string of the molecule is COc1ccc(-c2ccc(C(=O)N(C)C)cc2)cc1CN(C(=O)c1sc2ccccc2c1Cl)C1CCC(C)CC1. The third kappa shape index (κ3) is 5.74. The van der Waals surface area contributed by atoms with Gasteiger partial charge in [-0.2, -0.15) is 0 Å². The Kier molecular flexibility index (Phi) is 8.48. The monoisotopic (exact) mass is 574 g/mol. The van der Waals surface area contributed by atoms with E-state index >= 15 is 0 Å². The van der Waals surface area contributed by atoms with Crippen molar-refractivity contribution in [3.63, 3.8) is 0 Å². The Hall–Kier alpha value is -3.35. The van der Waals surface area contributed by atoms with Crippen LogP contribution in [0.5, 0.6) is 5.75 Å². The number of hydrogen-bond acceptors (Lipinski definition) is 4. The summed E-state index contributed by atoms with van der Waals surface area (Å²) in [5.41, 5.74) is 3.59. The largest absolute Gasteiger partial charge is 0.496 e. The van der Waals surface area contributed by atoms with Crippen molar-refractivity contribution in [2.75, 3.05) is 21.2 Å². The van der Waals surface area contributed by atoms with Gasteiger partial charge in [-0.3, -0.25) is 9.59 Å². The van der Waals surface area contributed by atoms with Crippen molar-refractivity contribution in [1.29, 1.82) is 0 Å². The van der Waals surface area contributed by atoms with Crippen molar-refractivity contribution < 1.29 is 14.3 Å². The number of nitrogens with zero attached hydrogens (tertiary/aromatic N) is 2. The summed E-state index contributed by atoms with van der Waals surface area (Å²) >= 11 is 8.26. The lowest BCUT2D eigenvalue weighted by Gasteiger charge is -2.36. The Bertz CT molecular complexity index is 1520. The number of fused-ring (bicyclic) bond motifs is 1. The van der Waals surface area contributed by atoms with Gasteiger partial charge in [-0.15, -0.1) is 11.3 Å². The number of benzene rings is 3. The highest BCUT2D eigenvalue weighted by molar-refractivity contribution is 7.21. The van der Waals surface area contributed by atoms with Gasteiger partial charge in [0, 0.05) is 47.9 Å². The highest BCUT2D eigenvalue weighted by Gasteiger charge is 2.31. The van der Waals surface area contributed by atoms with E-state index in [1.54, 1.807) is 26.1 Å². The van der Waals surface area contributed by atoms with E-state index in [2.05, 4.69) is 13.0 Å². The summed E-state index contributed by atoms with van der Waals surface area (Å²) in [4.78, 5) is 30.7. The van der Waals surface area contributed by atoms with Crippen LogP contribution in [0.2, 0.25) is 5.02 Å². The van der Waals surface area contributed by atoms with Crippen molar-refractivity contribution >= 4 is 44.8 Å². The van der Waals surface area contributed by atoms with Gasteiger partial charge in [-0.05, 0) is 73.1 Å². The summed E-state index contributed by atoms with van der Waals surface area (Å²) in [7, 11) is 5.16. The molecule has 1 saturated carbocycles. The summed E-state index contributed by atoms with van der Waals surface area (Å²) in [6, 6.07) is 21.8. The van der Waals surface area contributed by atoms with Crippen molar-refractivity contribution in [2.24, 2.45) is 5.92 Å². The van der Waals surface area contributed by atoms with Gasteiger partial charge in [0.25, 0.3) is 11.8 Å². The zero-order valence-electron chi connectivity index (χ0n) is 23.4. The molecule has 208 valence electrons. The zero-order valence-corrected chi connectivity index (χ0v) is 25.0. The smallest absolute Gasteiger partial charge is 0.266 e. The molecule has 0 spiro atoms. The molecule has 0 saturated heterocycles. The number of carbonyl (C=O) groups excluding carboxylic acids is 2. The molecule has 40 heavy (non-hydrogen) atoms. The maximum absolute atomic E-state index is 14.2. The molecule has 5 rings (SSSR count). The van der Waals surface area contributed by atoms with Gasteiger partial charge in [-0.1, -0.05) is 54.9 Å². The zero-order chi connectivity index (χ0) is 28.4. The van der Waals surface area contributed by atoms with Crippen LogP contribution in [0.4, 0.5) is 0 Å². The number of thiophene rings is 1. The summed E-state index contributed by atoms with van der Waals surface area (Å²) in [6.07, 6.45) is 4.14. The molecular weight excluding hydrogens is 540 g/mol. The molecule has 1 fully saturated rings. The topological polar surface area (TPSA) is 49.9 Å². The van der Waals surface area contributed by atoms with E-state index in [1.807, 2.05) is 65.6 Å². The van der Waals surface area contributed by atoms with Gasteiger partial charge in [0.1, 0.15) is 10.6 Å². The second-order valence-corrected chi connectivity index (χ2v) is 12.3. The Labute approximate surface area is 245 Å². The molecule has 1 aromatic heterocycles. The van der Waals surface area contributed by atoms with E-state index in [4.69, 9.17) is 16.3 Å². The molecule has 1 heterocycles. The summed E-state index contributed by atoms with van der Waals surface area (Å²) in [5, 5.41) is 1.46. The van der Waals surface area contributed by atoms with Crippen LogP contribution in [0.15, 0.2) is 66.7 Å². The predicted molar refractivity (Wildman–Crippen MR) is 165 cm³/mol. The van der Waals surface area contributed by atoms with Crippen LogP contribution in [0.25, 0.3) is 21.2 Å². The molecule has 4 aromatic rings. The molecule has 0 N–H and O–H groups in total. The van der Waals surface area contributed by atoms with Gasteiger partial charge < -0.3 is 14.5 Å². The predicted octanol–water partition coefficient (Wildman–Crippen LogP) is 8.15. The first-order valence-corrected chi connectivity index (χ1v) is 14.9. The first kappa shape index (κ1) is 28.2. The van der Waals surface area contributed by atoms with E-state index < -0.39 is 0 Å². The maximum Gasteiger partial charge on any atom is 0.266 e. The third-order valence-electron chi connectivity index (χ3n) is 7.91. The van der Waals surface area contributed by atoms with Crippen molar-refractivity contribution in [2.45, 2.75) is 45.2 Å². The van der Waals surface area contributed by atoms with Crippen LogP contribution < -0.4 is 4.74 Å². The fourth-order valence-corrected chi connectivity index (χ4v) is 7.00. The van der Waals surface area contributed by atoms with Crippen molar-refractivity contribution in [3.8, 4) is 16.9 Å². The second-order valence-electron chi connectivity index (χ2n) is 10.9. The molecule has 2 amide bonds. The van der Waals surface area contributed by atoms with E-state index in [9.17, 15) is 9.59 Å². The summed E-state index contributed by atoms with van der Waals surface area (Å²) in [5.74, 6) is 1.36. The molecule has 1 aliphatic rings. The lowest BCUT2D eigenvalue weighted by molar-refractivity contribution is 0.0596. The van der Waals surface area contributed by atoms with E-state index in [-0.39, 0.29) is 17.9 Å². The third-order valence-corrected chi connectivity index (χ3v) is 9.57. The normalized spacial score (nSPS) is 17.0. The standard InChI is InChI=1S/C33H35ClN2O3S/c1-21-9-16-26(17-10-21)36(33(38)31-30(34)27-7-5-6-8-29(27)40-31)20-25-19-24(15-18-28(25)39-4)22-11-13-23(14-12-22)32(37)35(2)3/h5-8,11-15,18-19,21,26H,9-10,16-17,20H2,1-4H3. The Morgan fingerprint density at radius 1 is 0.925 bits per heavy atom. The maximum atomic E-state index is 14.2. The minimum atomic E-state index is -0.0298. The molecule has 1 aliphatic carbocycles. The van der Waals surface area contributed by atoms with Crippen LogP contribution in [0.1, 0.15) is 58.2 Å². The number of hydrogen-bond donors (Lipinski definition) is 0. The Balaban J connectivity index is 1.50. The van der Waals surface area contributed by atoms with Crippen LogP contribution in [0, 0.1) is 5.92 Å². The lowest BCUT2D eigenvalue weighted by Crippen LogP contribution is -2.41. The average molecular weight is 575 g/mol. The van der Waals surface area contributed by atoms with Gasteiger partial charge in [0.2, 0.25) is 0 Å². The number of amides is 2. The van der Waals surface area contributed by atoms with E-state index in [0.717, 1.165) is 58.2 Å². The molecule has 0 atom stereocenters. The highest BCUT2D eigenvalue weighted by atomic mass is 35.5. The number of methoxy groups -OCH3 is 1. The average Bonchev–Trinajstić information content (AvgIpc) is 3.32. The minimum absolute atomic E-state index is 0.0234. The van der Waals surface area contributed by atoms with Crippen molar-refractivity contribution in [3.05, 3.63) is 87.8 Å². The fourth-order valence-electron chi connectivity index (χ4n) is 5.53. The van der Waals surface area contributed by atoms with Crippen LogP contribution in [-0.2, 0) is 6.54 Å². The molecule has 0 aliphatic heterocycles. The molecule has 7 heteroatoms. The second kappa shape index (κ2) is 12.0. The quantitative estimate of drug-likeness (QED) is 0.224. The summed E-state index contributed by atoms with van der Waals surface area (Å²) < 4.78 is 6.78. The van der Waals surface area contributed by atoms with Crippen LogP contribution >= 0.6 is 22.9 Å². The Morgan fingerprint density at radius 2 is 1.60 bits per heavy atom. The minimum Gasteiger partial charge on any atom is -0.496 e. The first-order valence-electron chi connectivity index (χ1n) is 13.7. The van der Waals surface area contributed by atoms with Gasteiger partial charge in [0.15, 0.2) is 0 Å². The Morgan fingerprint density at radius 3 is 2.25 bits per heavy atom. The number of carbonyl (C=O) groups is 2. The summed E-state index contributed by atoms with van der Waals surface area (Å²) in [6.45, 7) is 2.71. The molecule has 5 nitrogen and oxygen atoms in total. The molecule has 3 aromatic carbocycles. The fraction of sp³-hybridized carbons (Fsp3) is 0.333. The van der Waals surface area contributed by atoms with Crippen LogP contribution in [0.3, 0.4) is 0 Å². The highest BCUT2D eigenvalue weighted by Crippen LogP contribution is 2.39. The van der Waals surface area contributed by atoms with Gasteiger partial charge in [-0.25, -0.2) is 0 Å². The van der Waals surface area contributed by atoms with E-state index in [0.29, 0.717) is 27.9 Å². The first-order chi connectivity index (χ1) is 19.3.